The highest BCUT2D eigenvalue weighted by molar-refractivity contribution is 7.98. The minimum absolute atomic E-state index is 0.114. The molecule has 3 rings (SSSR count). The fraction of sp³-hybridized carbons (Fsp3) is 0.273. The van der Waals surface area contributed by atoms with E-state index in [-0.39, 0.29) is 5.41 Å². The smallest absolute Gasteiger partial charge is 0.192 e. The molecule has 0 radical (unpaired) electrons. The highest BCUT2D eigenvalue weighted by Gasteiger charge is 2.17. The van der Waals surface area contributed by atoms with E-state index < -0.39 is 0 Å². The zero-order chi connectivity index (χ0) is 20.3. The van der Waals surface area contributed by atoms with Crippen LogP contribution in [0.4, 0.5) is 0 Å². The SMILES string of the molecule is C=CCn1c(SCc2c(Cl)cccc2Cl)nnc1-c1ccc(C(C)(C)C)cc1. The number of thioether (sulfide) groups is 1. The maximum Gasteiger partial charge on any atom is 0.192 e. The lowest BCUT2D eigenvalue weighted by molar-refractivity contribution is 0.590. The summed E-state index contributed by atoms with van der Waals surface area (Å²) in [5, 5.41) is 11.0. The van der Waals surface area contributed by atoms with Gasteiger partial charge in [-0.05, 0) is 28.7 Å². The Bertz CT molecular complexity index is 952. The topological polar surface area (TPSA) is 30.7 Å². The van der Waals surface area contributed by atoms with Gasteiger partial charge >= 0.3 is 0 Å². The summed E-state index contributed by atoms with van der Waals surface area (Å²) >= 11 is 14.1. The molecule has 2 aromatic carbocycles. The average Bonchev–Trinajstić information content (AvgIpc) is 3.04. The summed E-state index contributed by atoms with van der Waals surface area (Å²) in [6.07, 6.45) is 1.85. The predicted molar refractivity (Wildman–Crippen MR) is 120 cm³/mol. The molecule has 0 fully saturated rings. The van der Waals surface area contributed by atoms with Gasteiger partial charge in [0.2, 0.25) is 0 Å². The van der Waals surface area contributed by atoms with E-state index in [1.165, 1.54) is 5.56 Å². The van der Waals surface area contributed by atoms with Crippen molar-refractivity contribution in [2.45, 2.75) is 43.6 Å². The van der Waals surface area contributed by atoms with E-state index in [0.717, 1.165) is 22.1 Å². The molecule has 6 heteroatoms. The maximum atomic E-state index is 6.29. The zero-order valence-electron chi connectivity index (χ0n) is 16.2. The van der Waals surface area contributed by atoms with Crippen LogP contribution in [0.25, 0.3) is 11.4 Å². The lowest BCUT2D eigenvalue weighted by Gasteiger charge is -2.19. The minimum Gasteiger partial charge on any atom is -0.298 e. The molecular formula is C22H23Cl2N3S. The van der Waals surface area contributed by atoms with Crippen molar-refractivity contribution in [1.29, 1.82) is 0 Å². The van der Waals surface area contributed by atoms with E-state index in [1.807, 2.05) is 24.3 Å². The van der Waals surface area contributed by atoms with Crippen LogP contribution in [0.3, 0.4) is 0 Å². The molecule has 0 spiro atoms. The van der Waals surface area contributed by atoms with E-state index in [1.54, 1.807) is 11.8 Å². The van der Waals surface area contributed by atoms with Crippen LogP contribution in [0.2, 0.25) is 10.0 Å². The van der Waals surface area contributed by atoms with Gasteiger partial charge in [0, 0.05) is 27.9 Å². The van der Waals surface area contributed by atoms with Crippen molar-refractivity contribution in [2.75, 3.05) is 0 Å². The van der Waals surface area contributed by atoms with Gasteiger partial charge in [0.05, 0.1) is 0 Å². The number of aromatic nitrogens is 3. The quantitative estimate of drug-likeness (QED) is 0.310. The molecule has 28 heavy (non-hydrogen) atoms. The lowest BCUT2D eigenvalue weighted by atomic mass is 9.87. The fourth-order valence-corrected chi connectivity index (χ4v) is 4.52. The van der Waals surface area contributed by atoms with Gasteiger partial charge in [-0.1, -0.05) is 92.1 Å². The molecule has 0 unspecified atom stereocenters. The molecule has 0 saturated carbocycles. The maximum absolute atomic E-state index is 6.29. The second kappa shape index (κ2) is 8.73. The van der Waals surface area contributed by atoms with Crippen LogP contribution < -0.4 is 0 Å². The summed E-state index contributed by atoms with van der Waals surface area (Å²) in [6.45, 7) is 11.1. The second-order valence-corrected chi connectivity index (χ2v) is 9.28. The highest BCUT2D eigenvalue weighted by Crippen LogP contribution is 2.33. The van der Waals surface area contributed by atoms with Gasteiger partial charge in [0.1, 0.15) is 0 Å². The van der Waals surface area contributed by atoms with E-state index in [9.17, 15) is 0 Å². The van der Waals surface area contributed by atoms with Gasteiger partial charge in [-0.25, -0.2) is 0 Å². The van der Waals surface area contributed by atoms with Crippen LogP contribution in [0, 0.1) is 0 Å². The Morgan fingerprint density at radius 2 is 1.68 bits per heavy atom. The van der Waals surface area contributed by atoms with Gasteiger partial charge in [-0.2, -0.15) is 0 Å². The first-order valence-electron chi connectivity index (χ1n) is 9.02. The molecule has 0 aliphatic carbocycles. The molecule has 146 valence electrons. The summed E-state index contributed by atoms with van der Waals surface area (Å²) in [5.41, 5.74) is 3.33. The third-order valence-corrected chi connectivity index (χ3v) is 6.15. The second-order valence-electron chi connectivity index (χ2n) is 7.52. The first-order chi connectivity index (χ1) is 13.3. The summed E-state index contributed by atoms with van der Waals surface area (Å²) in [4.78, 5) is 0. The Morgan fingerprint density at radius 1 is 1.04 bits per heavy atom. The summed E-state index contributed by atoms with van der Waals surface area (Å²) < 4.78 is 2.06. The van der Waals surface area contributed by atoms with Gasteiger partial charge in [0.15, 0.2) is 11.0 Å². The van der Waals surface area contributed by atoms with Crippen molar-refractivity contribution in [3.05, 3.63) is 76.3 Å². The van der Waals surface area contributed by atoms with Gasteiger partial charge in [0.25, 0.3) is 0 Å². The number of halogens is 2. The molecule has 3 aromatic rings. The summed E-state index contributed by atoms with van der Waals surface area (Å²) in [5.74, 6) is 1.45. The minimum atomic E-state index is 0.114. The van der Waals surface area contributed by atoms with Crippen LogP contribution in [0.1, 0.15) is 31.9 Å². The van der Waals surface area contributed by atoms with Gasteiger partial charge in [-0.3, -0.25) is 4.57 Å². The first-order valence-corrected chi connectivity index (χ1v) is 10.8. The largest absolute Gasteiger partial charge is 0.298 e. The molecule has 0 aliphatic rings. The molecule has 0 bridgehead atoms. The number of rotatable bonds is 6. The number of hydrogen-bond acceptors (Lipinski definition) is 3. The summed E-state index contributed by atoms with van der Waals surface area (Å²) in [6, 6.07) is 14.0. The van der Waals surface area contributed by atoms with Crippen LogP contribution in [-0.4, -0.2) is 14.8 Å². The van der Waals surface area contributed by atoms with Crippen LogP contribution in [0.5, 0.6) is 0 Å². The predicted octanol–water partition coefficient (Wildman–Crippen LogP) is 7.03. The number of allylic oxidation sites excluding steroid dienone is 1. The fourth-order valence-electron chi connectivity index (χ4n) is 2.83. The van der Waals surface area contributed by atoms with E-state index >= 15 is 0 Å². The number of hydrogen-bond donors (Lipinski definition) is 0. The Hall–Kier alpha value is -1.75. The third-order valence-electron chi connectivity index (χ3n) is 4.44. The Kier molecular flexibility index (Phi) is 6.54. The highest BCUT2D eigenvalue weighted by atomic mass is 35.5. The van der Waals surface area contributed by atoms with Crippen LogP contribution in [0.15, 0.2) is 60.3 Å². The number of benzene rings is 2. The molecule has 0 aliphatic heterocycles. The van der Waals surface area contributed by atoms with Crippen LogP contribution in [-0.2, 0) is 17.7 Å². The zero-order valence-corrected chi connectivity index (χ0v) is 18.6. The average molecular weight is 432 g/mol. The van der Waals surface area contributed by atoms with Crippen molar-refractivity contribution in [3.8, 4) is 11.4 Å². The normalized spacial score (nSPS) is 11.6. The molecule has 0 N–H and O–H groups in total. The van der Waals surface area contributed by atoms with Crippen LogP contribution >= 0.6 is 35.0 Å². The molecule has 0 amide bonds. The van der Waals surface area contributed by atoms with E-state index in [4.69, 9.17) is 23.2 Å². The Balaban J connectivity index is 1.88. The molecule has 0 saturated heterocycles. The number of nitrogens with zero attached hydrogens (tertiary/aromatic N) is 3. The molecule has 1 aromatic heterocycles. The standard InChI is InChI=1S/C22H23Cl2N3S/c1-5-13-27-20(15-9-11-16(12-10-15)22(2,3)4)25-26-21(27)28-14-17-18(23)7-6-8-19(17)24/h5-12H,1,13-14H2,2-4H3. The molecule has 0 atom stereocenters. The Morgan fingerprint density at radius 3 is 2.25 bits per heavy atom. The summed E-state index contributed by atoms with van der Waals surface area (Å²) in [7, 11) is 0. The van der Waals surface area contributed by atoms with Crippen molar-refractivity contribution < 1.29 is 0 Å². The molecule has 3 nitrogen and oxygen atoms in total. The monoisotopic (exact) mass is 431 g/mol. The first kappa shape index (κ1) is 21.0. The Labute approximate surface area is 180 Å². The van der Waals surface area contributed by atoms with Gasteiger partial charge in [-0.15, -0.1) is 16.8 Å². The van der Waals surface area contributed by atoms with Gasteiger partial charge < -0.3 is 0 Å². The molecular weight excluding hydrogens is 409 g/mol. The van der Waals surface area contributed by atoms with E-state index in [0.29, 0.717) is 22.3 Å². The van der Waals surface area contributed by atoms with Crippen molar-refractivity contribution in [3.63, 3.8) is 0 Å². The third kappa shape index (κ3) is 4.62. The lowest BCUT2D eigenvalue weighted by Crippen LogP contribution is -2.10. The van der Waals surface area contributed by atoms with Crippen molar-refractivity contribution in [2.24, 2.45) is 0 Å². The van der Waals surface area contributed by atoms with Crippen molar-refractivity contribution >= 4 is 35.0 Å². The van der Waals surface area contributed by atoms with E-state index in [2.05, 4.69) is 66.4 Å². The van der Waals surface area contributed by atoms with Crippen molar-refractivity contribution in [1.82, 2.24) is 14.8 Å². The molecule has 1 heterocycles.